The number of nitrogens with zero attached hydrogens (tertiary/aromatic N) is 2. The zero-order valence-corrected chi connectivity index (χ0v) is 22.8. The summed E-state index contributed by atoms with van der Waals surface area (Å²) in [6.07, 6.45) is -12.6. The highest BCUT2D eigenvalue weighted by atomic mass is 19.4. The van der Waals surface area contributed by atoms with Crippen LogP contribution >= 0.6 is 0 Å². The number of nitriles is 1. The number of hydrogen-bond donors (Lipinski definition) is 0. The van der Waals surface area contributed by atoms with E-state index in [1.54, 1.807) is 26.0 Å². The maximum Gasteiger partial charge on any atom is 0.416 e. The first-order valence-electron chi connectivity index (χ1n) is 12.7. The maximum atomic E-state index is 14.7. The van der Waals surface area contributed by atoms with E-state index in [2.05, 4.69) is 0 Å². The number of halogens is 7. The van der Waals surface area contributed by atoms with Crippen molar-refractivity contribution < 1.29 is 45.0 Å². The van der Waals surface area contributed by atoms with Crippen LogP contribution in [0.5, 0.6) is 5.75 Å². The summed E-state index contributed by atoms with van der Waals surface area (Å²) in [5, 5.41) is 9.50. The summed E-state index contributed by atoms with van der Waals surface area (Å²) in [4.78, 5) is 14.1. The van der Waals surface area contributed by atoms with E-state index < -0.39 is 53.1 Å². The van der Waals surface area contributed by atoms with Crippen molar-refractivity contribution in [1.82, 2.24) is 4.90 Å². The molecule has 0 N–H and O–H groups in total. The van der Waals surface area contributed by atoms with E-state index in [0.29, 0.717) is 34.4 Å². The molecule has 1 fully saturated rings. The van der Waals surface area contributed by atoms with Crippen molar-refractivity contribution in [2.45, 2.75) is 57.7 Å². The number of benzene rings is 3. The molecule has 3 aromatic carbocycles. The standard InChI is InChI=1S/C30H25F7N2O3/c1-15(2)23-11-24(26(41-4)12-25(23)31)22-6-5-17(13-38)7-19(22)14-39-16(3)27(42-28(39)40)18-8-20(29(32,33)34)10-21(9-18)30(35,36)37/h5-12,15-16,27H,14H2,1-4H3/t16-,27-/m0/s1. The fraction of sp³-hybridized carbons (Fsp3) is 0.333. The summed E-state index contributed by atoms with van der Waals surface area (Å²) in [6, 6.07) is 9.50. The van der Waals surface area contributed by atoms with Gasteiger partial charge in [0.25, 0.3) is 0 Å². The highest BCUT2D eigenvalue weighted by Gasteiger charge is 2.43. The Morgan fingerprint density at radius 1 is 0.976 bits per heavy atom. The van der Waals surface area contributed by atoms with Crippen LogP contribution in [-0.2, 0) is 23.6 Å². The molecule has 1 amide bonds. The molecule has 0 aromatic heterocycles. The summed E-state index contributed by atoms with van der Waals surface area (Å²) in [5.41, 5.74) is -1.55. The van der Waals surface area contributed by atoms with E-state index in [9.17, 15) is 40.8 Å². The van der Waals surface area contributed by atoms with E-state index in [4.69, 9.17) is 9.47 Å². The number of alkyl halides is 6. The van der Waals surface area contributed by atoms with E-state index in [-0.39, 0.29) is 29.8 Å². The molecule has 3 aromatic rings. The van der Waals surface area contributed by atoms with E-state index in [1.807, 2.05) is 6.07 Å². The van der Waals surface area contributed by atoms with Crippen molar-refractivity contribution >= 4 is 6.09 Å². The van der Waals surface area contributed by atoms with Crippen molar-refractivity contribution in [3.63, 3.8) is 0 Å². The SMILES string of the molecule is COc1cc(F)c(C(C)C)cc1-c1ccc(C#N)cc1CN1C(=O)O[C@H](c2cc(C(F)(F)F)cc(C(F)(F)F)c2)[C@@H]1C. The van der Waals surface area contributed by atoms with Gasteiger partial charge < -0.3 is 9.47 Å². The monoisotopic (exact) mass is 594 g/mol. The van der Waals surface area contributed by atoms with Crippen LogP contribution < -0.4 is 4.74 Å². The third-order valence-electron chi connectivity index (χ3n) is 7.14. The van der Waals surface area contributed by atoms with Gasteiger partial charge in [0.2, 0.25) is 0 Å². The van der Waals surface area contributed by atoms with Crippen LogP contribution in [0.4, 0.5) is 35.5 Å². The second-order valence-electron chi connectivity index (χ2n) is 10.2. The van der Waals surface area contributed by atoms with E-state index in [1.165, 1.54) is 32.2 Å². The molecule has 222 valence electrons. The van der Waals surface area contributed by atoms with Gasteiger partial charge in [-0.15, -0.1) is 0 Å². The first kappa shape index (κ1) is 30.7. The fourth-order valence-electron chi connectivity index (χ4n) is 4.94. The Kier molecular flexibility index (Phi) is 8.18. The molecule has 1 saturated heterocycles. The smallest absolute Gasteiger partial charge is 0.416 e. The summed E-state index contributed by atoms with van der Waals surface area (Å²) >= 11 is 0. The summed E-state index contributed by atoms with van der Waals surface area (Å²) in [5.74, 6) is -0.499. The predicted octanol–water partition coefficient (Wildman–Crippen LogP) is 8.62. The number of amides is 1. The number of ether oxygens (including phenoxy) is 2. The van der Waals surface area contributed by atoms with Crippen molar-refractivity contribution in [1.29, 1.82) is 5.26 Å². The summed E-state index contributed by atoms with van der Waals surface area (Å²) in [6.45, 7) is 4.82. The Morgan fingerprint density at radius 3 is 2.12 bits per heavy atom. The van der Waals surface area contributed by atoms with Crippen molar-refractivity contribution in [3.05, 3.63) is 87.7 Å². The topological polar surface area (TPSA) is 62.6 Å². The molecule has 0 unspecified atom stereocenters. The van der Waals surface area contributed by atoms with Gasteiger partial charge in [0.05, 0.1) is 42.5 Å². The lowest BCUT2D eigenvalue weighted by Gasteiger charge is -2.24. The van der Waals surface area contributed by atoms with E-state index in [0.717, 1.165) is 4.90 Å². The van der Waals surface area contributed by atoms with Crippen molar-refractivity contribution in [2.24, 2.45) is 0 Å². The number of carbonyl (C=O) groups is 1. The van der Waals surface area contributed by atoms with Crippen molar-refractivity contribution in [2.75, 3.05) is 7.11 Å². The van der Waals surface area contributed by atoms with Gasteiger partial charge >= 0.3 is 18.4 Å². The molecule has 4 rings (SSSR count). The van der Waals surface area contributed by atoms with Crippen LogP contribution in [0.25, 0.3) is 11.1 Å². The molecule has 0 aliphatic carbocycles. The lowest BCUT2D eigenvalue weighted by molar-refractivity contribution is -0.143. The van der Waals surface area contributed by atoms with Gasteiger partial charge in [-0.3, -0.25) is 4.90 Å². The number of hydrogen-bond acceptors (Lipinski definition) is 4. The highest BCUT2D eigenvalue weighted by Crippen LogP contribution is 2.42. The minimum Gasteiger partial charge on any atom is -0.496 e. The minimum atomic E-state index is -5.07. The minimum absolute atomic E-state index is 0.00384. The third kappa shape index (κ3) is 6.00. The van der Waals surface area contributed by atoms with Crippen LogP contribution in [0.15, 0.2) is 48.5 Å². The Labute approximate surface area is 237 Å². The van der Waals surface area contributed by atoms with Gasteiger partial charge in [0.1, 0.15) is 17.7 Å². The molecule has 1 aliphatic rings. The van der Waals surface area contributed by atoms with Gasteiger partial charge in [0, 0.05) is 11.6 Å². The maximum absolute atomic E-state index is 14.7. The Hall–Kier alpha value is -4.27. The molecule has 2 atom stereocenters. The highest BCUT2D eigenvalue weighted by molar-refractivity contribution is 5.77. The van der Waals surface area contributed by atoms with Gasteiger partial charge in [0.15, 0.2) is 0 Å². The second kappa shape index (κ2) is 11.2. The first-order chi connectivity index (χ1) is 19.5. The van der Waals surface area contributed by atoms with Crippen LogP contribution in [0.3, 0.4) is 0 Å². The molecule has 1 heterocycles. The molecule has 0 saturated carbocycles. The van der Waals surface area contributed by atoms with Crippen LogP contribution in [0, 0.1) is 17.1 Å². The summed E-state index contributed by atoms with van der Waals surface area (Å²) < 4.78 is 106. The Bertz CT molecular complexity index is 1530. The Morgan fingerprint density at radius 2 is 1.60 bits per heavy atom. The van der Waals surface area contributed by atoms with Crippen LogP contribution in [0.1, 0.15) is 66.2 Å². The van der Waals surface area contributed by atoms with Gasteiger partial charge in [-0.25, -0.2) is 9.18 Å². The van der Waals surface area contributed by atoms with Crippen LogP contribution in [-0.4, -0.2) is 24.1 Å². The first-order valence-corrected chi connectivity index (χ1v) is 12.7. The average Bonchev–Trinajstić information content (AvgIpc) is 3.20. The van der Waals surface area contributed by atoms with Gasteiger partial charge in [-0.05, 0) is 71.5 Å². The van der Waals surface area contributed by atoms with Gasteiger partial charge in [-0.1, -0.05) is 19.9 Å². The fourth-order valence-corrected chi connectivity index (χ4v) is 4.94. The normalized spacial score (nSPS) is 17.4. The lowest BCUT2D eigenvalue weighted by Crippen LogP contribution is -2.31. The van der Waals surface area contributed by atoms with E-state index >= 15 is 0 Å². The molecule has 12 heteroatoms. The molecular weight excluding hydrogens is 569 g/mol. The number of rotatable bonds is 6. The average molecular weight is 595 g/mol. The largest absolute Gasteiger partial charge is 0.496 e. The quantitative estimate of drug-likeness (QED) is 0.268. The predicted molar refractivity (Wildman–Crippen MR) is 138 cm³/mol. The van der Waals surface area contributed by atoms with Crippen LogP contribution in [0.2, 0.25) is 0 Å². The molecule has 42 heavy (non-hydrogen) atoms. The summed E-state index contributed by atoms with van der Waals surface area (Å²) in [7, 11) is 1.35. The molecule has 1 aliphatic heterocycles. The van der Waals surface area contributed by atoms with Crippen molar-refractivity contribution in [3.8, 4) is 22.9 Å². The Balaban J connectivity index is 1.78. The van der Waals surface area contributed by atoms with Gasteiger partial charge in [-0.2, -0.15) is 31.6 Å². The molecular formula is C30H25F7N2O3. The number of methoxy groups -OCH3 is 1. The molecule has 0 spiro atoms. The zero-order chi connectivity index (χ0) is 31.1. The molecule has 5 nitrogen and oxygen atoms in total. The second-order valence-corrected chi connectivity index (χ2v) is 10.2. The number of cyclic esters (lactones) is 1. The molecule has 0 radical (unpaired) electrons. The lowest BCUT2D eigenvalue weighted by atomic mass is 9.92. The molecule has 0 bridgehead atoms. The zero-order valence-electron chi connectivity index (χ0n) is 22.8. The number of carbonyl (C=O) groups excluding carboxylic acids is 1. The third-order valence-corrected chi connectivity index (χ3v) is 7.14.